The molecule has 5 nitrogen and oxygen atoms in total. The lowest BCUT2D eigenvalue weighted by Crippen LogP contribution is -2.16. The van der Waals surface area contributed by atoms with E-state index in [4.69, 9.17) is 15.6 Å². The van der Waals surface area contributed by atoms with Crippen LogP contribution in [0.2, 0.25) is 0 Å². The molecule has 0 saturated carbocycles. The van der Waals surface area contributed by atoms with Crippen LogP contribution in [0, 0.1) is 0 Å². The van der Waals surface area contributed by atoms with Crippen molar-refractivity contribution in [1.82, 2.24) is 4.98 Å². The van der Waals surface area contributed by atoms with E-state index in [1.54, 1.807) is 13.3 Å². The molecule has 1 atom stereocenters. The fourth-order valence-corrected chi connectivity index (χ4v) is 1.88. The molecule has 0 aliphatic rings. The number of fused-ring (bicyclic) bond motifs is 1. The number of carboxylic acids is 1. The van der Waals surface area contributed by atoms with Crippen molar-refractivity contribution in [3.05, 3.63) is 36.2 Å². The average molecular weight is 246 g/mol. The minimum Gasteiger partial charge on any atom is -0.497 e. The van der Waals surface area contributed by atoms with Crippen LogP contribution in [0.3, 0.4) is 0 Å². The van der Waals surface area contributed by atoms with Crippen molar-refractivity contribution in [3.63, 3.8) is 0 Å². The van der Waals surface area contributed by atoms with Crippen LogP contribution < -0.4 is 10.5 Å². The highest BCUT2D eigenvalue weighted by Gasteiger charge is 2.15. The van der Waals surface area contributed by atoms with Gasteiger partial charge >= 0.3 is 5.97 Å². The first-order valence-electron chi connectivity index (χ1n) is 5.52. The summed E-state index contributed by atoms with van der Waals surface area (Å²) in [5, 5.41) is 10.6. The zero-order chi connectivity index (χ0) is 13.1. The van der Waals surface area contributed by atoms with Crippen LogP contribution in [0.1, 0.15) is 18.2 Å². The van der Waals surface area contributed by atoms with Crippen molar-refractivity contribution < 1.29 is 14.6 Å². The van der Waals surface area contributed by atoms with Gasteiger partial charge in [-0.25, -0.2) is 0 Å². The first-order chi connectivity index (χ1) is 8.61. The number of aromatic nitrogens is 1. The summed E-state index contributed by atoms with van der Waals surface area (Å²) in [6.07, 6.45) is 1.48. The molecular formula is C13H14N2O3. The number of hydrogen-bond donors (Lipinski definition) is 2. The first-order valence-corrected chi connectivity index (χ1v) is 5.52. The smallest absolute Gasteiger partial charge is 0.305 e. The lowest BCUT2D eigenvalue weighted by molar-refractivity contribution is -0.137. The van der Waals surface area contributed by atoms with Gasteiger partial charge in [0.25, 0.3) is 0 Å². The van der Waals surface area contributed by atoms with Gasteiger partial charge in [-0.3, -0.25) is 9.78 Å². The van der Waals surface area contributed by atoms with Gasteiger partial charge in [0.2, 0.25) is 0 Å². The largest absolute Gasteiger partial charge is 0.497 e. The molecule has 1 heterocycles. The molecule has 1 unspecified atom stereocenters. The van der Waals surface area contributed by atoms with E-state index in [0.29, 0.717) is 11.4 Å². The molecule has 1 aromatic carbocycles. The number of nitrogens with zero attached hydrogens (tertiary/aromatic N) is 1. The van der Waals surface area contributed by atoms with Crippen LogP contribution in [0.15, 0.2) is 30.5 Å². The number of nitrogens with two attached hydrogens (primary N) is 1. The number of hydrogen-bond acceptors (Lipinski definition) is 4. The molecule has 5 heteroatoms. The summed E-state index contributed by atoms with van der Waals surface area (Å²) in [5.41, 5.74) is 6.45. The van der Waals surface area contributed by atoms with E-state index < -0.39 is 12.0 Å². The molecular weight excluding hydrogens is 232 g/mol. The van der Waals surface area contributed by atoms with Gasteiger partial charge in [-0.1, -0.05) is 6.07 Å². The highest BCUT2D eigenvalue weighted by atomic mass is 16.5. The Labute approximate surface area is 104 Å². The monoisotopic (exact) mass is 246 g/mol. The minimum atomic E-state index is -0.941. The zero-order valence-electron chi connectivity index (χ0n) is 9.96. The Kier molecular flexibility index (Phi) is 3.43. The second-order valence-corrected chi connectivity index (χ2v) is 3.99. The van der Waals surface area contributed by atoms with E-state index in [0.717, 1.165) is 10.8 Å². The fourth-order valence-electron chi connectivity index (χ4n) is 1.88. The number of carboxylic acid groups (broad SMARTS) is 1. The molecule has 0 saturated heterocycles. The van der Waals surface area contributed by atoms with E-state index in [2.05, 4.69) is 4.98 Å². The number of methoxy groups -OCH3 is 1. The van der Waals surface area contributed by atoms with Crippen LogP contribution in [0.4, 0.5) is 0 Å². The highest BCUT2D eigenvalue weighted by molar-refractivity contribution is 5.86. The van der Waals surface area contributed by atoms with Crippen molar-refractivity contribution in [1.29, 1.82) is 0 Å². The van der Waals surface area contributed by atoms with Crippen molar-refractivity contribution in [3.8, 4) is 5.75 Å². The van der Waals surface area contributed by atoms with Crippen LogP contribution in [0.5, 0.6) is 5.75 Å². The summed E-state index contributed by atoms with van der Waals surface area (Å²) in [6, 6.07) is 6.78. The van der Waals surface area contributed by atoms with E-state index in [1.165, 1.54) is 0 Å². The fraction of sp³-hybridized carbons (Fsp3) is 0.231. The standard InChI is InChI=1S/C13H14N2O3/c1-18-9-3-2-8-4-5-15-13(10(8)6-9)11(14)7-12(16)17/h2-6,11H,7,14H2,1H3,(H,16,17). The quantitative estimate of drug-likeness (QED) is 0.857. The number of rotatable bonds is 4. The van der Waals surface area contributed by atoms with Gasteiger partial charge in [0, 0.05) is 11.6 Å². The van der Waals surface area contributed by atoms with Crippen LogP contribution >= 0.6 is 0 Å². The molecule has 0 amide bonds. The van der Waals surface area contributed by atoms with Gasteiger partial charge in [-0.15, -0.1) is 0 Å². The SMILES string of the molecule is COc1ccc2ccnc(C(N)CC(=O)O)c2c1. The van der Waals surface area contributed by atoms with Crippen molar-refractivity contribution in [2.24, 2.45) is 5.73 Å². The van der Waals surface area contributed by atoms with Crippen molar-refractivity contribution in [2.45, 2.75) is 12.5 Å². The second-order valence-electron chi connectivity index (χ2n) is 3.99. The number of ether oxygens (including phenoxy) is 1. The zero-order valence-corrected chi connectivity index (χ0v) is 9.96. The number of benzene rings is 1. The molecule has 1 aromatic heterocycles. The van der Waals surface area contributed by atoms with E-state index in [-0.39, 0.29) is 6.42 Å². The molecule has 2 aromatic rings. The van der Waals surface area contributed by atoms with E-state index in [1.807, 2.05) is 24.3 Å². The highest BCUT2D eigenvalue weighted by Crippen LogP contribution is 2.26. The summed E-state index contributed by atoms with van der Waals surface area (Å²) in [6.45, 7) is 0. The molecule has 0 aliphatic carbocycles. The van der Waals surface area contributed by atoms with Crippen LogP contribution in [-0.2, 0) is 4.79 Å². The van der Waals surface area contributed by atoms with E-state index >= 15 is 0 Å². The third-order valence-corrected chi connectivity index (χ3v) is 2.75. The van der Waals surface area contributed by atoms with Gasteiger partial charge in [0.1, 0.15) is 5.75 Å². The Morgan fingerprint density at radius 3 is 2.94 bits per heavy atom. The Morgan fingerprint density at radius 2 is 2.28 bits per heavy atom. The molecule has 3 N–H and O–H groups in total. The summed E-state index contributed by atoms with van der Waals surface area (Å²) in [4.78, 5) is 14.9. The maximum absolute atomic E-state index is 10.7. The van der Waals surface area contributed by atoms with Gasteiger partial charge in [0.05, 0.1) is 25.3 Å². The van der Waals surface area contributed by atoms with Gasteiger partial charge in [-0.05, 0) is 23.6 Å². The molecule has 0 spiro atoms. The Balaban J connectivity index is 2.52. The topological polar surface area (TPSA) is 85.4 Å². The first kappa shape index (κ1) is 12.3. The van der Waals surface area contributed by atoms with Gasteiger partial charge in [-0.2, -0.15) is 0 Å². The molecule has 94 valence electrons. The number of pyridine rings is 1. The third-order valence-electron chi connectivity index (χ3n) is 2.75. The van der Waals surface area contributed by atoms with Crippen LogP contribution in [0.25, 0.3) is 10.8 Å². The summed E-state index contributed by atoms with van der Waals surface area (Å²) >= 11 is 0. The summed E-state index contributed by atoms with van der Waals surface area (Å²) < 4.78 is 5.15. The van der Waals surface area contributed by atoms with E-state index in [9.17, 15) is 4.79 Å². The Hall–Kier alpha value is -2.14. The van der Waals surface area contributed by atoms with Crippen molar-refractivity contribution >= 4 is 16.7 Å². The van der Waals surface area contributed by atoms with Gasteiger partial charge < -0.3 is 15.6 Å². The van der Waals surface area contributed by atoms with Crippen LogP contribution in [-0.4, -0.2) is 23.2 Å². The predicted octanol–water partition coefficient (Wildman–Crippen LogP) is 1.72. The number of aliphatic carboxylic acids is 1. The van der Waals surface area contributed by atoms with Gasteiger partial charge in [0.15, 0.2) is 0 Å². The molecule has 0 bridgehead atoms. The Morgan fingerprint density at radius 1 is 1.50 bits per heavy atom. The van der Waals surface area contributed by atoms with Crippen molar-refractivity contribution in [2.75, 3.05) is 7.11 Å². The lowest BCUT2D eigenvalue weighted by atomic mass is 10.0. The lowest BCUT2D eigenvalue weighted by Gasteiger charge is -2.12. The third kappa shape index (κ3) is 2.41. The molecule has 0 fully saturated rings. The average Bonchev–Trinajstić information content (AvgIpc) is 2.36. The summed E-state index contributed by atoms with van der Waals surface area (Å²) in [5.74, 6) is -0.247. The second kappa shape index (κ2) is 5.01. The molecule has 2 rings (SSSR count). The maximum atomic E-state index is 10.7. The molecule has 0 radical (unpaired) electrons. The summed E-state index contributed by atoms with van der Waals surface area (Å²) in [7, 11) is 1.58. The molecule has 18 heavy (non-hydrogen) atoms. The normalized spacial score (nSPS) is 12.3. The maximum Gasteiger partial charge on any atom is 0.305 e. The number of carbonyl (C=O) groups is 1. The predicted molar refractivity (Wildman–Crippen MR) is 67.5 cm³/mol. The molecule has 0 aliphatic heterocycles. The Bertz CT molecular complexity index is 583. The minimum absolute atomic E-state index is 0.149.